The molecule has 0 aliphatic carbocycles. The van der Waals surface area contributed by atoms with E-state index in [1.807, 2.05) is 18.2 Å². The molecule has 1 aliphatic rings. The van der Waals surface area contributed by atoms with Crippen molar-refractivity contribution in [3.63, 3.8) is 0 Å². The van der Waals surface area contributed by atoms with Gasteiger partial charge in [0.1, 0.15) is 5.82 Å². The predicted octanol–water partition coefficient (Wildman–Crippen LogP) is 3.39. The normalized spacial score (nSPS) is 16.4. The van der Waals surface area contributed by atoms with Crippen molar-refractivity contribution >= 4 is 23.2 Å². The number of benzene rings is 2. The Morgan fingerprint density at radius 2 is 1.94 bits per heavy atom. The zero-order valence-electron chi connectivity index (χ0n) is 16.8. The summed E-state index contributed by atoms with van der Waals surface area (Å²) in [5.74, 6) is -1.41. The molecule has 1 N–H and O–H groups in total. The number of halogens is 1. The number of aromatic nitrogens is 1. The van der Waals surface area contributed by atoms with Crippen LogP contribution in [0, 0.1) is 5.82 Å². The molecule has 1 saturated heterocycles. The number of carbonyl (C=O) groups is 2. The molecule has 2 amide bonds. The Kier molecular flexibility index (Phi) is 6.69. The van der Waals surface area contributed by atoms with E-state index in [1.165, 1.54) is 29.5 Å². The first-order valence-corrected chi connectivity index (χ1v) is 10.9. The van der Waals surface area contributed by atoms with Gasteiger partial charge in [-0.05, 0) is 36.6 Å². The summed E-state index contributed by atoms with van der Waals surface area (Å²) >= 11 is 1.27. The van der Waals surface area contributed by atoms with E-state index in [4.69, 9.17) is 4.74 Å². The Morgan fingerprint density at radius 1 is 1.16 bits per heavy atom. The third-order valence-electron chi connectivity index (χ3n) is 5.08. The van der Waals surface area contributed by atoms with Crippen molar-refractivity contribution in [3.8, 4) is 0 Å². The summed E-state index contributed by atoms with van der Waals surface area (Å²) in [6.07, 6.45) is 3.83. The molecule has 4 rings (SSSR count). The van der Waals surface area contributed by atoms with E-state index in [-0.39, 0.29) is 17.6 Å². The highest BCUT2D eigenvalue weighted by Gasteiger charge is 2.18. The Hall–Kier alpha value is -3.10. The zero-order valence-corrected chi connectivity index (χ0v) is 17.6. The number of amides is 2. The quantitative estimate of drug-likeness (QED) is 0.640. The van der Waals surface area contributed by atoms with E-state index in [0.29, 0.717) is 23.5 Å². The first kappa shape index (κ1) is 21.1. The van der Waals surface area contributed by atoms with Crippen LogP contribution in [-0.4, -0.2) is 35.6 Å². The molecule has 160 valence electrons. The first-order valence-electron chi connectivity index (χ1n) is 10.1. The molecule has 0 bridgehead atoms. The lowest BCUT2D eigenvalue weighted by Gasteiger charge is -2.13. The molecule has 0 spiro atoms. The minimum Gasteiger partial charge on any atom is -0.376 e. The van der Waals surface area contributed by atoms with E-state index >= 15 is 0 Å². The van der Waals surface area contributed by atoms with Crippen molar-refractivity contribution < 1.29 is 18.7 Å². The minimum atomic E-state index is -0.642. The maximum Gasteiger partial charge on any atom is 0.282 e. The van der Waals surface area contributed by atoms with Gasteiger partial charge < -0.3 is 14.6 Å². The van der Waals surface area contributed by atoms with Crippen LogP contribution >= 0.6 is 11.3 Å². The van der Waals surface area contributed by atoms with Gasteiger partial charge in [-0.2, -0.15) is 4.99 Å². The number of thiazole rings is 1. The van der Waals surface area contributed by atoms with Gasteiger partial charge in [0.05, 0.1) is 18.2 Å². The Morgan fingerprint density at radius 3 is 2.71 bits per heavy atom. The fourth-order valence-electron chi connectivity index (χ4n) is 3.46. The lowest BCUT2D eigenvalue weighted by Crippen LogP contribution is -2.32. The molecular formula is C23H22FN3O3S. The topological polar surface area (TPSA) is 72.7 Å². The molecule has 6 nitrogen and oxygen atoms in total. The van der Waals surface area contributed by atoms with Crippen LogP contribution in [0.1, 0.15) is 39.1 Å². The molecule has 2 aromatic carbocycles. The zero-order chi connectivity index (χ0) is 21.6. The maximum absolute atomic E-state index is 13.9. The SMILES string of the molecule is O=C(N=c1sccn1Cc1ccccc1C(=O)NC[C@H]1CCCO1)c1ccccc1F. The van der Waals surface area contributed by atoms with E-state index < -0.39 is 11.7 Å². The van der Waals surface area contributed by atoms with Gasteiger partial charge in [-0.3, -0.25) is 9.59 Å². The number of ether oxygens (including phenoxy) is 1. The summed E-state index contributed by atoms with van der Waals surface area (Å²) in [6, 6.07) is 13.1. The molecule has 1 fully saturated rings. The van der Waals surface area contributed by atoms with Crippen LogP contribution in [0.3, 0.4) is 0 Å². The second kappa shape index (κ2) is 9.80. The second-order valence-electron chi connectivity index (χ2n) is 7.21. The molecule has 3 aromatic rings. The Balaban J connectivity index is 1.53. The van der Waals surface area contributed by atoms with Gasteiger partial charge in [-0.25, -0.2) is 4.39 Å². The van der Waals surface area contributed by atoms with Gasteiger partial charge in [0.15, 0.2) is 4.80 Å². The number of nitrogens with zero attached hydrogens (tertiary/aromatic N) is 2. The van der Waals surface area contributed by atoms with Gasteiger partial charge in [-0.15, -0.1) is 11.3 Å². The van der Waals surface area contributed by atoms with Crippen molar-refractivity contribution in [3.05, 3.63) is 87.4 Å². The largest absolute Gasteiger partial charge is 0.376 e. The van der Waals surface area contributed by atoms with Gasteiger partial charge in [0, 0.05) is 30.3 Å². The average molecular weight is 440 g/mol. The summed E-state index contributed by atoms with van der Waals surface area (Å²) < 4.78 is 21.2. The molecule has 1 aromatic heterocycles. The molecule has 8 heteroatoms. The highest BCUT2D eigenvalue weighted by atomic mass is 32.1. The monoisotopic (exact) mass is 439 g/mol. The molecule has 0 unspecified atom stereocenters. The Labute approximate surface area is 183 Å². The van der Waals surface area contributed by atoms with Gasteiger partial charge in [0.25, 0.3) is 11.8 Å². The van der Waals surface area contributed by atoms with Crippen LogP contribution in [0.2, 0.25) is 0 Å². The fraction of sp³-hybridized carbons (Fsp3) is 0.261. The molecule has 1 aliphatic heterocycles. The molecule has 0 saturated carbocycles. The van der Waals surface area contributed by atoms with Crippen LogP contribution in [0.25, 0.3) is 0 Å². The third-order valence-corrected chi connectivity index (χ3v) is 5.87. The van der Waals surface area contributed by atoms with Crippen LogP contribution < -0.4 is 10.1 Å². The molecular weight excluding hydrogens is 417 g/mol. The van der Waals surface area contributed by atoms with E-state index in [1.54, 1.807) is 28.3 Å². The summed E-state index contributed by atoms with van der Waals surface area (Å²) in [5, 5.41) is 4.74. The summed E-state index contributed by atoms with van der Waals surface area (Å²) in [5.41, 5.74) is 1.28. The van der Waals surface area contributed by atoms with Crippen LogP contribution in [0.15, 0.2) is 65.1 Å². The highest BCUT2D eigenvalue weighted by Crippen LogP contribution is 2.14. The summed E-state index contributed by atoms with van der Waals surface area (Å²) in [4.78, 5) is 29.7. The van der Waals surface area contributed by atoms with Crippen molar-refractivity contribution in [2.24, 2.45) is 4.99 Å². The fourth-order valence-corrected chi connectivity index (χ4v) is 4.19. The van der Waals surface area contributed by atoms with Gasteiger partial charge in [0.2, 0.25) is 0 Å². The summed E-state index contributed by atoms with van der Waals surface area (Å²) in [6.45, 7) is 1.58. The van der Waals surface area contributed by atoms with E-state index in [0.717, 1.165) is 25.0 Å². The third kappa shape index (κ3) is 5.15. The van der Waals surface area contributed by atoms with E-state index in [9.17, 15) is 14.0 Å². The molecule has 2 heterocycles. The van der Waals surface area contributed by atoms with Crippen molar-refractivity contribution in [2.75, 3.05) is 13.2 Å². The second-order valence-corrected chi connectivity index (χ2v) is 8.09. The van der Waals surface area contributed by atoms with E-state index in [2.05, 4.69) is 10.3 Å². The van der Waals surface area contributed by atoms with Gasteiger partial charge in [-0.1, -0.05) is 30.3 Å². The predicted molar refractivity (Wildman–Crippen MR) is 115 cm³/mol. The number of rotatable bonds is 6. The van der Waals surface area contributed by atoms with Crippen molar-refractivity contribution in [1.29, 1.82) is 0 Å². The lowest BCUT2D eigenvalue weighted by atomic mass is 10.1. The Bertz CT molecular complexity index is 1150. The van der Waals surface area contributed by atoms with Crippen LogP contribution in [0.5, 0.6) is 0 Å². The smallest absolute Gasteiger partial charge is 0.282 e. The highest BCUT2D eigenvalue weighted by molar-refractivity contribution is 7.07. The standard InChI is InChI=1S/C23H22FN3O3S/c24-20-10-4-3-9-19(20)22(29)26-23-27(11-13-31-23)15-16-6-1-2-8-18(16)21(28)25-14-17-7-5-12-30-17/h1-4,6,8-11,13,17H,5,7,12,14-15H2,(H,25,28)/t17-/m1/s1. The maximum atomic E-state index is 13.9. The lowest BCUT2D eigenvalue weighted by molar-refractivity contribution is 0.0856. The average Bonchev–Trinajstić information content (AvgIpc) is 3.45. The molecule has 1 atom stereocenters. The minimum absolute atomic E-state index is 0.0668. The number of nitrogens with one attached hydrogen (secondary N) is 1. The van der Waals surface area contributed by atoms with Crippen LogP contribution in [-0.2, 0) is 11.3 Å². The number of hydrogen-bond donors (Lipinski definition) is 1. The van der Waals surface area contributed by atoms with Crippen molar-refractivity contribution in [2.45, 2.75) is 25.5 Å². The molecule has 0 radical (unpaired) electrons. The summed E-state index contributed by atoms with van der Waals surface area (Å²) in [7, 11) is 0. The number of hydrogen-bond acceptors (Lipinski definition) is 4. The number of carbonyl (C=O) groups excluding carboxylic acids is 2. The molecule has 31 heavy (non-hydrogen) atoms. The van der Waals surface area contributed by atoms with Crippen molar-refractivity contribution in [1.82, 2.24) is 9.88 Å². The first-order chi connectivity index (χ1) is 15.1. The van der Waals surface area contributed by atoms with Gasteiger partial charge >= 0.3 is 0 Å². The van der Waals surface area contributed by atoms with Crippen LogP contribution in [0.4, 0.5) is 4.39 Å².